The third-order valence-corrected chi connectivity index (χ3v) is 6.41. The lowest BCUT2D eigenvalue weighted by Crippen LogP contribution is -2.39. The van der Waals surface area contributed by atoms with E-state index in [2.05, 4.69) is 5.10 Å². The number of nitrogens with one attached hydrogen (secondary N) is 1. The van der Waals surface area contributed by atoms with Gasteiger partial charge < -0.3 is 0 Å². The fourth-order valence-electron chi connectivity index (χ4n) is 2.98. The Morgan fingerprint density at radius 3 is 2.20 bits per heavy atom. The molecule has 0 aliphatic rings. The summed E-state index contributed by atoms with van der Waals surface area (Å²) in [5.74, 6) is -0.955. The van der Waals surface area contributed by atoms with Crippen LogP contribution in [0.3, 0.4) is 0 Å². The molecule has 9 nitrogen and oxygen atoms in total. The molecule has 13 heteroatoms. The second-order valence-corrected chi connectivity index (χ2v) is 8.84. The SMILES string of the molecule is O=C(CN(c1ccc([N+](=O)[O-])cc1)S(=O)(=O)c1ccccc1)N/N=C\c1ccccc1C(F)(F)F. The monoisotopic (exact) mass is 506 g/mol. The van der Waals surface area contributed by atoms with Crippen molar-refractivity contribution in [2.45, 2.75) is 11.1 Å². The van der Waals surface area contributed by atoms with Gasteiger partial charge in [0.05, 0.1) is 27.3 Å². The van der Waals surface area contributed by atoms with Gasteiger partial charge in [0.1, 0.15) is 6.54 Å². The number of carbonyl (C=O) groups excluding carboxylic acids is 1. The van der Waals surface area contributed by atoms with Gasteiger partial charge in [0.2, 0.25) is 0 Å². The first kappa shape index (κ1) is 25.4. The summed E-state index contributed by atoms with van der Waals surface area (Å²) in [7, 11) is -4.28. The smallest absolute Gasteiger partial charge is 0.271 e. The summed E-state index contributed by atoms with van der Waals surface area (Å²) in [4.78, 5) is 22.6. The Bertz CT molecular complexity index is 1350. The molecule has 0 aliphatic carbocycles. The number of hydrogen-bond donors (Lipinski definition) is 1. The Balaban J connectivity index is 1.86. The first-order valence-corrected chi connectivity index (χ1v) is 11.2. The number of non-ortho nitro benzene ring substituents is 1. The highest BCUT2D eigenvalue weighted by molar-refractivity contribution is 7.92. The van der Waals surface area contributed by atoms with Crippen molar-refractivity contribution in [3.8, 4) is 0 Å². The lowest BCUT2D eigenvalue weighted by Gasteiger charge is -2.23. The molecule has 0 bridgehead atoms. The highest BCUT2D eigenvalue weighted by Gasteiger charge is 2.32. The Morgan fingerprint density at radius 1 is 1.00 bits per heavy atom. The zero-order chi connectivity index (χ0) is 25.6. The molecule has 0 aliphatic heterocycles. The van der Waals surface area contributed by atoms with E-state index in [-0.39, 0.29) is 21.8 Å². The third-order valence-electron chi connectivity index (χ3n) is 4.63. The Morgan fingerprint density at radius 2 is 1.60 bits per heavy atom. The zero-order valence-electron chi connectivity index (χ0n) is 17.7. The van der Waals surface area contributed by atoms with E-state index in [1.54, 1.807) is 6.07 Å². The molecular weight excluding hydrogens is 489 g/mol. The molecule has 35 heavy (non-hydrogen) atoms. The molecule has 0 saturated heterocycles. The number of hydrazone groups is 1. The number of hydrogen-bond acceptors (Lipinski definition) is 6. The molecule has 0 heterocycles. The van der Waals surface area contributed by atoms with Crippen molar-refractivity contribution < 1.29 is 31.3 Å². The molecule has 0 fully saturated rings. The van der Waals surface area contributed by atoms with Crippen LogP contribution < -0.4 is 9.73 Å². The van der Waals surface area contributed by atoms with E-state index >= 15 is 0 Å². The average Bonchev–Trinajstić information content (AvgIpc) is 2.83. The number of nitro benzene ring substituents is 1. The maximum atomic E-state index is 13.2. The normalized spacial score (nSPS) is 11.9. The maximum absolute atomic E-state index is 13.2. The number of nitrogens with zero attached hydrogens (tertiary/aromatic N) is 3. The predicted molar refractivity (Wildman–Crippen MR) is 121 cm³/mol. The van der Waals surface area contributed by atoms with Gasteiger partial charge in [-0.05, 0) is 30.3 Å². The molecule has 1 amide bonds. The molecule has 0 radical (unpaired) electrons. The molecule has 3 rings (SSSR count). The number of nitro groups is 1. The van der Waals surface area contributed by atoms with Crippen LogP contribution in [0.25, 0.3) is 0 Å². The van der Waals surface area contributed by atoms with Gasteiger partial charge >= 0.3 is 6.18 Å². The zero-order valence-corrected chi connectivity index (χ0v) is 18.5. The Labute approximate surface area is 197 Å². The minimum atomic E-state index is -4.64. The highest BCUT2D eigenvalue weighted by Crippen LogP contribution is 2.31. The van der Waals surface area contributed by atoms with Crippen LogP contribution in [0.1, 0.15) is 11.1 Å². The fraction of sp³-hybridized carbons (Fsp3) is 0.0909. The minimum absolute atomic E-state index is 0.0407. The quantitative estimate of drug-likeness (QED) is 0.282. The van der Waals surface area contributed by atoms with Gasteiger partial charge in [-0.3, -0.25) is 19.2 Å². The van der Waals surface area contributed by atoms with E-state index in [0.717, 1.165) is 42.6 Å². The standard InChI is InChI=1S/C22H17F3N4O5S/c23-22(24,25)20-9-5-4-6-16(20)14-26-27-21(30)15-28(17-10-12-18(13-11-17)29(31)32)35(33,34)19-7-2-1-3-8-19/h1-14H,15H2,(H,27,30)/b26-14-. The number of benzene rings is 3. The summed E-state index contributed by atoms with van der Waals surface area (Å²) in [5.41, 5.74) is 0.420. The molecule has 3 aromatic carbocycles. The number of anilines is 1. The largest absolute Gasteiger partial charge is 0.417 e. The van der Waals surface area contributed by atoms with Crippen LogP contribution in [0.4, 0.5) is 24.5 Å². The van der Waals surface area contributed by atoms with Crippen LogP contribution in [-0.2, 0) is 21.0 Å². The third kappa shape index (κ3) is 6.20. The van der Waals surface area contributed by atoms with Crippen molar-refractivity contribution in [2.75, 3.05) is 10.8 Å². The minimum Gasteiger partial charge on any atom is -0.271 e. The van der Waals surface area contributed by atoms with Crippen LogP contribution >= 0.6 is 0 Å². The van der Waals surface area contributed by atoms with Crippen LogP contribution in [-0.4, -0.2) is 32.0 Å². The second-order valence-electron chi connectivity index (χ2n) is 6.98. The summed E-state index contributed by atoms with van der Waals surface area (Å²) in [5, 5.41) is 14.4. The maximum Gasteiger partial charge on any atom is 0.417 e. The fourth-order valence-corrected chi connectivity index (χ4v) is 4.42. The molecule has 0 atom stereocenters. The molecular formula is C22H17F3N4O5S. The molecule has 0 saturated carbocycles. The number of alkyl halides is 3. The van der Waals surface area contributed by atoms with Gasteiger partial charge in [-0.15, -0.1) is 0 Å². The van der Waals surface area contributed by atoms with Gasteiger partial charge in [0.25, 0.3) is 21.6 Å². The van der Waals surface area contributed by atoms with E-state index in [9.17, 15) is 36.5 Å². The van der Waals surface area contributed by atoms with Gasteiger partial charge in [-0.2, -0.15) is 18.3 Å². The second kappa shape index (κ2) is 10.3. The predicted octanol–water partition coefficient (Wildman–Crippen LogP) is 3.96. The van der Waals surface area contributed by atoms with E-state index in [0.29, 0.717) is 4.31 Å². The van der Waals surface area contributed by atoms with Crippen LogP contribution in [0.2, 0.25) is 0 Å². The van der Waals surface area contributed by atoms with Crippen LogP contribution in [0.15, 0.2) is 88.9 Å². The van der Waals surface area contributed by atoms with Crippen molar-refractivity contribution in [1.82, 2.24) is 5.43 Å². The van der Waals surface area contributed by atoms with E-state index in [1.165, 1.54) is 36.4 Å². The number of sulfonamides is 1. The molecule has 182 valence electrons. The van der Waals surface area contributed by atoms with Gasteiger partial charge in [0.15, 0.2) is 0 Å². The number of rotatable bonds is 8. The molecule has 3 aromatic rings. The summed E-state index contributed by atoms with van der Waals surface area (Å²) < 4.78 is 66.4. The van der Waals surface area contributed by atoms with Crippen molar-refractivity contribution in [2.24, 2.45) is 5.10 Å². The molecule has 1 N–H and O–H groups in total. The first-order chi connectivity index (χ1) is 16.5. The van der Waals surface area contributed by atoms with Crippen molar-refractivity contribution in [3.63, 3.8) is 0 Å². The van der Waals surface area contributed by atoms with Gasteiger partial charge in [-0.25, -0.2) is 13.8 Å². The van der Waals surface area contributed by atoms with Crippen LogP contribution in [0.5, 0.6) is 0 Å². The first-order valence-electron chi connectivity index (χ1n) is 9.80. The molecule has 0 unspecified atom stereocenters. The van der Waals surface area contributed by atoms with Crippen molar-refractivity contribution in [3.05, 3.63) is 100 Å². The van der Waals surface area contributed by atoms with Crippen molar-refractivity contribution in [1.29, 1.82) is 0 Å². The Hall–Kier alpha value is -4.26. The number of carbonyl (C=O) groups is 1. The summed E-state index contributed by atoms with van der Waals surface area (Å²) >= 11 is 0. The van der Waals surface area contributed by atoms with E-state index in [1.807, 2.05) is 5.43 Å². The number of halogens is 3. The van der Waals surface area contributed by atoms with E-state index in [4.69, 9.17) is 0 Å². The van der Waals surface area contributed by atoms with E-state index < -0.39 is 39.1 Å². The summed E-state index contributed by atoms with van der Waals surface area (Å²) in [6.07, 6.45) is -3.84. The lowest BCUT2D eigenvalue weighted by atomic mass is 10.1. The van der Waals surface area contributed by atoms with Crippen LogP contribution in [0, 0.1) is 10.1 Å². The molecule has 0 aromatic heterocycles. The Kier molecular flexibility index (Phi) is 7.49. The summed E-state index contributed by atoms with van der Waals surface area (Å²) in [6.45, 7) is -0.798. The number of amides is 1. The summed E-state index contributed by atoms with van der Waals surface area (Å²) in [6, 6.07) is 16.2. The topological polar surface area (TPSA) is 122 Å². The van der Waals surface area contributed by atoms with Gasteiger partial charge in [0, 0.05) is 17.7 Å². The lowest BCUT2D eigenvalue weighted by molar-refractivity contribution is -0.384. The highest BCUT2D eigenvalue weighted by atomic mass is 32.2. The average molecular weight is 506 g/mol. The van der Waals surface area contributed by atoms with Gasteiger partial charge in [-0.1, -0.05) is 36.4 Å². The van der Waals surface area contributed by atoms with Crippen molar-refractivity contribution >= 4 is 33.5 Å². The molecule has 0 spiro atoms.